The van der Waals surface area contributed by atoms with Crippen molar-refractivity contribution in [1.82, 2.24) is 0 Å². The van der Waals surface area contributed by atoms with E-state index in [0.29, 0.717) is 13.4 Å². The van der Waals surface area contributed by atoms with Crippen LogP contribution < -0.4 is 0 Å². The largest absolute Gasteiger partial charge is 0.415 e. The van der Waals surface area contributed by atoms with Crippen LogP contribution in [0.2, 0.25) is 19.6 Å². The van der Waals surface area contributed by atoms with Crippen LogP contribution in [0.5, 0.6) is 0 Å². The van der Waals surface area contributed by atoms with Crippen LogP contribution in [0, 0.1) is 0 Å². The van der Waals surface area contributed by atoms with Crippen molar-refractivity contribution < 1.29 is 13.9 Å². The van der Waals surface area contributed by atoms with Gasteiger partial charge in [-0.25, -0.2) is 0 Å². The zero-order chi connectivity index (χ0) is 13.4. The minimum Gasteiger partial charge on any atom is -0.415 e. The number of hydrogen-bond donors (Lipinski definition) is 0. The Morgan fingerprint density at radius 1 is 1.22 bits per heavy atom. The second kappa shape index (κ2) is 8.10. The van der Waals surface area contributed by atoms with Gasteiger partial charge in [-0.05, 0) is 32.5 Å². The van der Waals surface area contributed by atoms with Crippen LogP contribution in [0.1, 0.15) is 32.6 Å². The highest BCUT2D eigenvalue weighted by molar-refractivity contribution is 6.69. The summed E-state index contributed by atoms with van der Waals surface area (Å²) >= 11 is 0. The van der Waals surface area contributed by atoms with Gasteiger partial charge in [-0.3, -0.25) is 0 Å². The Balaban J connectivity index is 2.26. The van der Waals surface area contributed by atoms with E-state index in [1.165, 1.54) is 19.3 Å². The molecule has 1 saturated heterocycles. The zero-order valence-corrected chi connectivity index (χ0v) is 13.3. The summed E-state index contributed by atoms with van der Waals surface area (Å²) in [6.45, 7) is 9.85. The maximum absolute atomic E-state index is 5.89. The molecule has 3 nitrogen and oxygen atoms in total. The van der Waals surface area contributed by atoms with Crippen LogP contribution >= 0.6 is 0 Å². The molecule has 1 aliphatic heterocycles. The van der Waals surface area contributed by atoms with E-state index in [1.807, 2.05) is 0 Å². The Morgan fingerprint density at radius 3 is 2.67 bits per heavy atom. The van der Waals surface area contributed by atoms with E-state index in [9.17, 15) is 0 Å². The Kier molecular flexibility index (Phi) is 7.15. The molecular formula is C14H28O3Si. The van der Waals surface area contributed by atoms with Gasteiger partial charge in [0.1, 0.15) is 19.0 Å². The van der Waals surface area contributed by atoms with Crippen molar-refractivity contribution in [1.29, 1.82) is 0 Å². The average molecular weight is 272 g/mol. The van der Waals surface area contributed by atoms with Gasteiger partial charge in [-0.1, -0.05) is 31.9 Å². The molecule has 1 rings (SSSR count). The highest BCUT2D eigenvalue weighted by Crippen LogP contribution is 2.17. The molecule has 0 aliphatic carbocycles. The van der Waals surface area contributed by atoms with Gasteiger partial charge in [0.05, 0.1) is 6.61 Å². The number of hydrogen-bond acceptors (Lipinski definition) is 3. The quantitative estimate of drug-likeness (QED) is 0.383. The second-order valence-electron chi connectivity index (χ2n) is 5.80. The maximum atomic E-state index is 5.89. The van der Waals surface area contributed by atoms with Gasteiger partial charge in [-0.15, -0.1) is 0 Å². The van der Waals surface area contributed by atoms with Crippen LogP contribution in [0.4, 0.5) is 0 Å². The van der Waals surface area contributed by atoms with Crippen LogP contribution in [0.3, 0.4) is 0 Å². The number of rotatable bonds is 8. The lowest BCUT2D eigenvalue weighted by Crippen LogP contribution is -2.34. The lowest BCUT2D eigenvalue weighted by Gasteiger charge is -2.21. The highest BCUT2D eigenvalue weighted by Gasteiger charge is 2.29. The molecule has 106 valence electrons. The maximum Gasteiger partial charge on any atom is 0.183 e. The third kappa shape index (κ3) is 6.68. The van der Waals surface area contributed by atoms with Gasteiger partial charge in [0.2, 0.25) is 0 Å². The molecule has 0 N–H and O–H groups in total. The molecule has 1 aliphatic rings. The van der Waals surface area contributed by atoms with Crippen molar-refractivity contribution in [3.8, 4) is 0 Å². The lowest BCUT2D eigenvalue weighted by atomic mass is 10.1. The first kappa shape index (κ1) is 15.9. The zero-order valence-electron chi connectivity index (χ0n) is 12.3. The standard InChI is InChI=1S/C14H28O3Si/c1-5-6-7-8-9-10-13-14(16-12-15-13)11-17-18(2,3)4/h9-10,13-14H,5-8,11-12H2,1-4H3/b10-9-/t13-,14-/m0/s1. The van der Waals surface area contributed by atoms with Crippen LogP contribution in [-0.4, -0.2) is 33.9 Å². The van der Waals surface area contributed by atoms with Gasteiger partial charge in [0, 0.05) is 0 Å². The SMILES string of the molecule is CCCCC/C=C\[C@@H]1OCO[C@H]1CO[Si](C)(C)C. The third-order valence-corrected chi connectivity index (χ3v) is 3.92. The molecule has 4 heteroatoms. The number of ether oxygens (including phenoxy) is 2. The van der Waals surface area contributed by atoms with Crippen molar-refractivity contribution in [3.63, 3.8) is 0 Å². The Hall–Kier alpha value is -0.163. The molecule has 0 saturated carbocycles. The van der Waals surface area contributed by atoms with Gasteiger partial charge in [-0.2, -0.15) is 0 Å². The van der Waals surface area contributed by atoms with E-state index in [4.69, 9.17) is 13.9 Å². The van der Waals surface area contributed by atoms with E-state index in [1.54, 1.807) is 0 Å². The first-order valence-electron chi connectivity index (χ1n) is 7.07. The molecule has 18 heavy (non-hydrogen) atoms. The van der Waals surface area contributed by atoms with E-state index in [0.717, 1.165) is 6.42 Å². The van der Waals surface area contributed by atoms with Gasteiger partial charge < -0.3 is 13.9 Å². The van der Waals surface area contributed by atoms with E-state index >= 15 is 0 Å². The van der Waals surface area contributed by atoms with E-state index in [2.05, 4.69) is 38.7 Å². The molecule has 0 aromatic rings. The molecule has 0 bridgehead atoms. The fraction of sp³-hybridized carbons (Fsp3) is 0.857. The van der Waals surface area contributed by atoms with Gasteiger partial charge in [0.25, 0.3) is 0 Å². The topological polar surface area (TPSA) is 27.7 Å². The Morgan fingerprint density at radius 2 is 2.00 bits per heavy atom. The lowest BCUT2D eigenvalue weighted by molar-refractivity contribution is 0.0300. The normalized spacial score (nSPS) is 25.1. The average Bonchev–Trinajstić information content (AvgIpc) is 2.73. The molecule has 0 amide bonds. The molecule has 0 aromatic carbocycles. The summed E-state index contributed by atoms with van der Waals surface area (Å²) in [5.74, 6) is 0. The van der Waals surface area contributed by atoms with Gasteiger partial charge >= 0.3 is 0 Å². The molecule has 0 spiro atoms. The van der Waals surface area contributed by atoms with Crippen molar-refractivity contribution in [3.05, 3.63) is 12.2 Å². The van der Waals surface area contributed by atoms with Crippen LogP contribution in [0.15, 0.2) is 12.2 Å². The third-order valence-electron chi connectivity index (χ3n) is 2.89. The van der Waals surface area contributed by atoms with Crippen LogP contribution in [-0.2, 0) is 13.9 Å². The van der Waals surface area contributed by atoms with E-state index < -0.39 is 8.32 Å². The summed E-state index contributed by atoms with van der Waals surface area (Å²) in [4.78, 5) is 0. The number of allylic oxidation sites excluding steroid dienone is 1. The summed E-state index contributed by atoms with van der Waals surface area (Å²) in [7, 11) is -1.46. The molecule has 2 atom stereocenters. The summed E-state index contributed by atoms with van der Waals surface area (Å²) in [6, 6.07) is 0. The molecule has 0 aromatic heterocycles. The minimum atomic E-state index is -1.46. The smallest absolute Gasteiger partial charge is 0.183 e. The van der Waals surface area contributed by atoms with Crippen molar-refractivity contribution in [2.24, 2.45) is 0 Å². The van der Waals surface area contributed by atoms with Crippen LogP contribution in [0.25, 0.3) is 0 Å². The summed E-state index contributed by atoms with van der Waals surface area (Å²) < 4.78 is 17.0. The second-order valence-corrected chi connectivity index (χ2v) is 10.3. The summed E-state index contributed by atoms with van der Waals surface area (Å²) in [5, 5.41) is 0. The van der Waals surface area contributed by atoms with Crippen molar-refractivity contribution >= 4 is 8.32 Å². The molecule has 1 heterocycles. The van der Waals surface area contributed by atoms with Gasteiger partial charge in [0.15, 0.2) is 8.32 Å². The van der Waals surface area contributed by atoms with E-state index in [-0.39, 0.29) is 12.2 Å². The predicted molar refractivity (Wildman–Crippen MR) is 77.2 cm³/mol. The first-order chi connectivity index (χ1) is 8.53. The molecule has 0 radical (unpaired) electrons. The molecule has 0 unspecified atom stereocenters. The predicted octanol–water partition coefficient (Wildman–Crippen LogP) is 3.72. The minimum absolute atomic E-state index is 0.0687. The van der Waals surface area contributed by atoms with Crippen molar-refractivity contribution in [2.45, 2.75) is 64.5 Å². The fourth-order valence-electron chi connectivity index (χ4n) is 1.80. The Labute approximate surface area is 113 Å². The fourth-order valence-corrected chi connectivity index (χ4v) is 2.47. The molecule has 1 fully saturated rings. The summed E-state index contributed by atoms with van der Waals surface area (Å²) in [5.41, 5.74) is 0. The summed E-state index contributed by atoms with van der Waals surface area (Å²) in [6.07, 6.45) is 9.46. The monoisotopic (exact) mass is 272 g/mol. The number of unbranched alkanes of at least 4 members (excludes halogenated alkanes) is 3. The first-order valence-corrected chi connectivity index (χ1v) is 10.5. The molecular weight excluding hydrogens is 244 g/mol. The Bertz CT molecular complexity index is 248. The van der Waals surface area contributed by atoms with Crippen molar-refractivity contribution in [2.75, 3.05) is 13.4 Å². The highest BCUT2D eigenvalue weighted by atomic mass is 28.4.